The molecule has 0 saturated heterocycles. The number of rotatable bonds is 2. The molecule has 0 saturated carbocycles. The molecule has 3 nitrogen and oxygen atoms in total. The fourth-order valence-electron chi connectivity index (χ4n) is 7.02. The van der Waals surface area contributed by atoms with Gasteiger partial charge >= 0.3 is 0 Å². The van der Waals surface area contributed by atoms with Crippen LogP contribution < -0.4 is 0 Å². The average Bonchev–Trinajstić information content (AvgIpc) is 3.62. The van der Waals surface area contributed by atoms with Gasteiger partial charge in [0.25, 0.3) is 0 Å². The first-order valence-electron chi connectivity index (χ1n) is 14.1. The molecule has 0 atom stereocenters. The summed E-state index contributed by atoms with van der Waals surface area (Å²) in [5, 5.41) is 3.62. The van der Waals surface area contributed by atoms with Gasteiger partial charge in [-0.2, -0.15) is 0 Å². The zero-order valence-corrected chi connectivity index (χ0v) is 22.8. The van der Waals surface area contributed by atoms with Gasteiger partial charge in [0.05, 0.1) is 11.0 Å². The van der Waals surface area contributed by atoms with Crippen LogP contribution in [0.3, 0.4) is 0 Å². The Morgan fingerprint density at radius 3 is 2.02 bits per heavy atom. The molecule has 3 heterocycles. The van der Waals surface area contributed by atoms with Gasteiger partial charge in [-0.25, -0.2) is 0 Å². The molecule has 0 bridgehead atoms. The predicted octanol–water partition coefficient (Wildman–Crippen LogP) is 10.1. The zero-order chi connectivity index (χ0) is 27.3. The molecule has 0 fully saturated rings. The first-order chi connectivity index (χ1) is 20.1. The highest BCUT2D eigenvalue weighted by Gasteiger charge is 2.36. The largest absolute Gasteiger partial charge is 0.454 e. The molecule has 0 unspecified atom stereocenters. The molecule has 3 heteroatoms. The number of hydrogen-bond acceptors (Lipinski definition) is 2. The van der Waals surface area contributed by atoms with Gasteiger partial charge in [0.1, 0.15) is 11.1 Å². The third-order valence-corrected chi connectivity index (χ3v) is 9.06. The number of aromatic nitrogens is 2. The van der Waals surface area contributed by atoms with Gasteiger partial charge in [-0.05, 0) is 88.0 Å². The minimum atomic E-state index is -0.135. The normalized spacial score (nSPS) is 13.8. The number of fused-ring (bicyclic) bond motifs is 9. The number of hydrogen-bond donors (Lipinski definition) is 0. The summed E-state index contributed by atoms with van der Waals surface area (Å²) in [5.74, 6) is 0. The Hall–Kier alpha value is -5.15. The SMILES string of the molecule is CC1(C)c2cc(-c3ccc4oc5cccnc5c4c3)ccc2-c2ccc(-n3c4ccccc4c4ccccc43)cc21. The van der Waals surface area contributed by atoms with E-state index in [2.05, 4.69) is 127 Å². The summed E-state index contributed by atoms with van der Waals surface area (Å²) in [4.78, 5) is 4.58. The van der Waals surface area contributed by atoms with E-state index in [4.69, 9.17) is 4.42 Å². The average molecular weight is 527 g/mol. The first kappa shape index (κ1) is 22.6. The molecule has 1 aliphatic rings. The van der Waals surface area contributed by atoms with Gasteiger partial charge < -0.3 is 8.98 Å². The maximum absolute atomic E-state index is 6.02. The summed E-state index contributed by atoms with van der Waals surface area (Å²) >= 11 is 0. The lowest BCUT2D eigenvalue weighted by atomic mass is 9.81. The van der Waals surface area contributed by atoms with E-state index >= 15 is 0 Å². The number of para-hydroxylation sites is 2. The van der Waals surface area contributed by atoms with Crippen molar-refractivity contribution in [3.8, 4) is 27.9 Å². The van der Waals surface area contributed by atoms with Crippen LogP contribution in [0.5, 0.6) is 0 Å². The van der Waals surface area contributed by atoms with E-state index in [-0.39, 0.29) is 5.41 Å². The highest BCUT2D eigenvalue weighted by molar-refractivity contribution is 6.09. The molecular formula is C38H26N2O. The summed E-state index contributed by atoms with van der Waals surface area (Å²) in [6.07, 6.45) is 1.83. The molecule has 41 heavy (non-hydrogen) atoms. The van der Waals surface area contributed by atoms with E-state index in [0.29, 0.717) is 0 Å². The van der Waals surface area contributed by atoms with Crippen molar-refractivity contribution >= 4 is 43.9 Å². The van der Waals surface area contributed by atoms with Crippen molar-refractivity contribution in [1.82, 2.24) is 9.55 Å². The minimum Gasteiger partial charge on any atom is -0.454 e. The molecule has 0 aliphatic heterocycles. The highest BCUT2D eigenvalue weighted by atomic mass is 16.3. The van der Waals surface area contributed by atoms with Crippen LogP contribution in [-0.2, 0) is 5.41 Å². The standard InChI is InChI=1S/C38H26N2O/c1-38(2)31-21-24(23-14-18-35-30(20-23)37-36(41-35)12-7-19-39-37)13-16-26(31)27-17-15-25(22-32(27)38)40-33-10-5-3-8-28(33)29-9-4-6-11-34(29)40/h3-22H,1-2H3. The smallest absolute Gasteiger partial charge is 0.153 e. The molecular weight excluding hydrogens is 500 g/mol. The minimum absolute atomic E-state index is 0.135. The van der Waals surface area contributed by atoms with E-state index in [1.54, 1.807) is 0 Å². The predicted molar refractivity (Wildman–Crippen MR) is 169 cm³/mol. The van der Waals surface area contributed by atoms with E-state index in [0.717, 1.165) is 22.1 Å². The van der Waals surface area contributed by atoms with Crippen molar-refractivity contribution in [2.45, 2.75) is 19.3 Å². The Bertz CT molecular complexity index is 2300. The Morgan fingerprint density at radius 2 is 1.24 bits per heavy atom. The molecule has 9 rings (SSSR count). The van der Waals surface area contributed by atoms with Gasteiger partial charge in [-0.15, -0.1) is 0 Å². The van der Waals surface area contributed by atoms with Crippen LogP contribution in [0.15, 0.2) is 126 Å². The molecule has 1 aliphatic carbocycles. The molecule has 5 aromatic carbocycles. The Morgan fingerprint density at radius 1 is 0.585 bits per heavy atom. The second-order valence-electron chi connectivity index (χ2n) is 11.6. The number of benzene rings is 5. The van der Waals surface area contributed by atoms with Crippen LogP contribution >= 0.6 is 0 Å². The van der Waals surface area contributed by atoms with E-state index in [9.17, 15) is 0 Å². The van der Waals surface area contributed by atoms with Crippen molar-refractivity contribution in [3.05, 3.63) is 133 Å². The maximum atomic E-state index is 6.02. The topological polar surface area (TPSA) is 31.0 Å². The van der Waals surface area contributed by atoms with Crippen LogP contribution in [0, 0.1) is 0 Å². The van der Waals surface area contributed by atoms with Crippen molar-refractivity contribution in [1.29, 1.82) is 0 Å². The lowest BCUT2D eigenvalue weighted by Gasteiger charge is -2.23. The van der Waals surface area contributed by atoms with E-state index < -0.39 is 0 Å². The monoisotopic (exact) mass is 526 g/mol. The lowest BCUT2D eigenvalue weighted by molar-refractivity contribution is 0.660. The molecule has 0 N–H and O–H groups in total. The van der Waals surface area contributed by atoms with Crippen molar-refractivity contribution in [2.24, 2.45) is 0 Å². The summed E-state index contributed by atoms with van der Waals surface area (Å²) in [6, 6.07) is 41.7. The number of pyridine rings is 1. The van der Waals surface area contributed by atoms with Crippen LogP contribution in [-0.4, -0.2) is 9.55 Å². The van der Waals surface area contributed by atoms with Gasteiger partial charge in [0, 0.05) is 33.5 Å². The molecule has 0 amide bonds. The van der Waals surface area contributed by atoms with Crippen LogP contribution in [0.25, 0.3) is 71.8 Å². The van der Waals surface area contributed by atoms with Crippen molar-refractivity contribution < 1.29 is 4.42 Å². The number of nitrogens with zero attached hydrogens (tertiary/aromatic N) is 2. The Balaban J connectivity index is 1.19. The fraction of sp³-hybridized carbons (Fsp3) is 0.0789. The molecule has 194 valence electrons. The summed E-state index contributed by atoms with van der Waals surface area (Å²) in [6.45, 7) is 4.71. The first-order valence-corrected chi connectivity index (χ1v) is 14.1. The molecule has 8 aromatic rings. The Labute approximate surface area is 237 Å². The summed E-state index contributed by atoms with van der Waals surface area (Å²) in [7, 11) is 0. The molecule has 0 radical (unpaired) electrons. The fourth-order valence-corrected chi connectivity index (χ4v) is 7.02. The van der Waals surface area contributed by atoms with Crippen LogP contribution in [0.4, 0.5) is 0 Å². The number of furan rings is 1. The van der Waals surface area contributed by atoms with Gasteiger partial charge in [-0.3, -0.25) is 4.98 Å². The van der Waals surface area contributed by atoms with Gasteiger partial charge in [-0.1, -0.05) is 74.5 Å². The van der Waals surface area contributed by atoms with Crippen LogP contribution in [0.2, 0.25) is 0 Å². The quantitative estimate of drug-likeness (QED) is 0.224. The van der Waals surface area contributed by atoms with Crippen LogP contribution in [0.1, 0.15) is 25.0 Å². The molecule has 0 spiro atoms. The van der Waals surface area contributed by atoms with Gasteiger partial charge in [0.15, 0.2) is 5.58 Å². The zero-order valence-electron chi connectivity index (χ0n) is 22.8. The van der Waals surface area contributed by atoms with Gasteiger partial charge in [0.2, 0.25) is 0 Å². The second kappa shape index (κ2) is 7.96. The van der Waals surface area contributed by atoms with E-state index in [1.807, 2.05) is 18.3 Å². The summed E-state index contributed by atoms with van der Waals surface area (Å²) < 4.78 is 8.43. The van der Waals surface area contributed by atoms with Crippen molar-refractivity contribution in [2.75, 3.05) is 0 Å². The van der Waals surface area contributed by atoms with E-state index in [1.165, 1.54) is 60.9 Å². The third-order valence-electron chi connectivity index (χ3n) is 9.06. The lowest BCUT2D eigenvalue weighted by Crippen LogP contribution is -2.15. The Kier molecular flexibility index (Phi) is 4.39. The second-order valence-corrected chi connectivity index (χ2v) is 11.6. The molecule has 3 aromatic heterocycles. The summed E-state index contributed by atoms with van der Waals surface area (Å²) in [5.41, 5.74) is 13.9. The highest BCUT2D eigenvalue weighted by Crippen LogP contribution is 2.50. The maximum Gasteiger partial charge on any atom is 0.153 e. The third kappa shape index (κ3) is 3.06. The van der Waals surface area contributed by atoms with Crippen molar-refractivity contribution in [3.63, 3.8) is 0 Å².